The molecule has 0 spiro atoms. The number of hydrogen-bond acceptors (Lipinski definition) is 5. The maximum atomic E-state index is 11.7. The molecule has 8 heteroatoms. The second-order valence-electron chi connectivity index (χ2n) is 6.94. The number of carbonyl (C=O) groups excluding carboxylic acids is 1. The van der Waals surface area contributed by atoms with Gasteiger partial charge in [0.15, 0.2) is 5.65 Å². The highest BCUT2D eigenvalue weighted by atomic mass is 16.1. The van der Waals surface area contributed by atoms with Crippen LogP contribution in [0.3, 0.4) is 0 Å². The lowest BCUT2D eigenvalue weighted by Crippen LogP contribution is -2.17. The summed E-state index contributed by atoms with van der Waals surface area (Å²) >= 11 is 0. The van der Waals surface area contributed by atoms with Gasteiger partial charge in [-0.25, -0.2) is 9.50 Å². The van der Waals surface area contributed by atoms with Gasteiger partial charge in [-0.2, -0.15) is 4.98 Å². The number of nitrogens with one attached hydrogen (secondary N) is 3. The Morgan fingerprint density at radius 2 is 1.74 bits per heavy atom. The van der Waals surface area contributed by atoms with E-state index in [1.54, 1.807) is 31.7 Å². The molecule has 0 aliphatic rings. The Balaban J connectivity index is 1.43. The largest absolute Gasteiger partial charge is 0.355 e. The summed E-state index contributed by atoms with van der Waals surface area (Å²) in [6, 6.07) is 21.2. The third-order valence-electron chi connectivity index (χ3n) is 4.98. The zero-order valence-corrected chi connectivity index (χ0v) is 16.7. The summed E-state index contributed by atoms with van der Waals surface area (Å²) in [5.41, 5.74) is 6.13. The van der Waals surface area contributed by atoms with Crippen molar-refractivity contribution in [3.63, 3.8) is 0 Å². The molecule has 0 bridgehead atoms. The smallest absolute Gasteiger partial charge is 0.251 e. The van der Waals surface area contributed by atoms with Crippen LogP contribution in [0, 0.1) is 0 Å². The molecule has 0 saturated heterocycles. The minimum atomic E-state index is -0.124. The molecule has 5 rings (SSSR count). The number of aromatic nitrogens is 5. The van der Waals surface area contributed by atoms with E-state index >= 15 is 0 Å². The van der Waals surface area contributed by atoms with E-state index in [4.69, 9.17) is 0 Å². The molecule has 0 unspecified atom stereocenters. The van der Waals surface area contributed by atoms with Crippen LogP contribution in [0.4, 0.5) is 11.6 Å². The minimum Gasteiger partial charge on any atom is -0.355 e. The van der Waals surface area contributed by atoms with Crippen LogP contribution in [0.25, 0.3) is 28.2 Å². The fourth-order valence-corrected chi connectivity index (χ4v) is 3.39. The summed E-state index contributed by atoms with van der Waals surface area (Å²) in [7, 11) is 1.61. The molecule has 3 N–H and O–H groups in total. The number of nitrogens with zero attached hydrogens (tertiary/aromatic N) is 4. The second-order valence-corrected chi connectivity index (χ2v) is 6.94. The topological polar surface area (TPSA) is 100 Å². The van der Waals surface area contributed by atoms with Gasteiger partial charge in [0.2, 0.25) is 5.95 Å². The molecular weight excluding hydrogens is 390 g/mol. The van der Waals surface area contributed by atoms with E-state index in [1.165, 1.54) is 0 Å². The SMILES string of the molecule is CNC(=O)c1ccc(Nc2nc3cccc(-c4ccc(-c5cnc[nH]5)cc4)n3n2)cc1. The lowest BCUT2D eigenvalue weighted by molar-refractivity contribution is 0.0963. The number of benzene rings is 2. The van der Waals surface area contributed by atoms with Crippen molar-refractivity contribution in [3.8, 4) is 22.5 Å². The standard InChI is InChI=1S/C23H19N7O/c1-24-22(31)17-9-11-18(12-10-17)27-23-28-21-4-2-3-20(30(21)29-23)16-7-5-15(6-8-16)19-13-25-14-26-19/h2-14H,1H3,(H,24,31)(H,25,26)(H,27,29). The number of carbonyl (C=O) groups is 1. The first-order valence-electron chi connectivity index (χ1n) is 9.75. The van der Waals surface area contributed by atoms with Gasteiger partial charge < -0.3 is 15.6 Å². The lowest BCUT2D eigenvalue weighted by Gasteiger charge is -2.05. The first-order valence-corrected chi connectivity index (χ1v) is 9.75. The molecule has 3 aromatic heterocycles. The van der Waals surface area contributed by atoms with Gasteiger partial charge in [0, 0.05) is 23.9 Å². The van der Waals surface area contributed by atoms with E-state index in [-0.39, 0.29) is 5.91 Å². The Hall–Kier alpha value is -4.46. The Bertz CT molecular complexity index is 1340. The van der Waals surface area contributed by atoms with Crippen molar-refractivity contribution in [1.29, 1.82) is 0 Å². The molecule has 0 fully saturated rings. The normalized spacial score (nSPS) is 10.9. The van der Waals surface area contributed by atoms with E-state index in [9.17, 15) is 4.79 Å². The number of anilines is 2. The molecule has 0 aliphatic carbocycles. The van der Waals surface area contributed by atoms with E-state index in [2.05, 4.69) is 42.8 Å². The van der Waals surface area contributed by atoms with Crippen LogP contribution in [0.2, 0.25) is 0 Å². The number of fused-ring (bicyclic) bond motifs is 1. The third kappa shape index (κ3) is 3.62. The van der Waals surface area contributed by atoms with Gasteiger partial charge in [0.25, 0.3) is 5.91 Å². The first-order chi connectivity index (χ1) is 15.2. The molecule has 0 radical (unpaired) electrons. The summed E-state index contributed by atoms with van der Waals surface area (Å²) in [4.78, 5) is 23.5. The van der Waals surface area contributed by atoms with Crippen LogP contribution in [0.1, 0.15) is 10.4 Å². The third-order valence-corrected chi connectivity index (χ3v) is 4.98. The molecule has 0 saturated carbocycles. The molecular formula is C23H19N7O. The van der Waals surface area contributed by atoms with Crippen molar-refractivity contribution in [2.24, 2.45) is 0 Å². The van der Waals surface area contributed by atoms with Gasteiger partial charge in [-0.15, -0.1) is 5.10 Å². The highest BCUT2D eigenvalue weighted by molar-refractivity contribution is 5.94. The number of pyridine rings is 1. The fraction of sp³-hybridized carbons (Fsp3) is 0.0435. The first kappa shape index (κ1) is 18.6. The van der Waals surface area contributed by atoms with Gasteiger partial charge in [0.1, 0.15) is 0 Å². The molecule has 152 valence electrons. The predicted octanol–water partition coefficient (Wildman–Crippen LogP) is 3.89. The number of imidazole rings is 1. The fourth-order valence-electron chi connectivity index (χ4n) is 3.39. The summed E-state index contributed by atoms with van der Waals surface area (Å²) in [6.45, 7) is 0. The Kier molecular flexibility index (Phi) is 4.64. The highest BCUT2D eigenvalue weighted by Crippen LogP contribution is 2.25. The van der Waals surface area contributed by atoms with Crippen LogP contribution >= 0.6 is 0 Å². The lowest BCUT2D eigenvalue weighted by atomic mass is 10.1. The highest BCUT2D eigenvalue weighted by Gasteiger charge is 2.10. The van der Waals surface area contributed by atoms with Crippen LogP contribution in [-0.4, -0.2) is 37.5 Å². The number of aromatic amines is 1. The van der Waals surface area contributed by atoms with Gasteiger partial charge in [0.05, 0.1) is 23.9 Å². The van der Waals surface area contributed by atoms with E-state index in [0.29, 0.717) is 11.5 Å². The Labute approximate surface area is 178 Å². The number of H-pyrrole nitrogens is 1. The zero-order chi connectivity index (χ0) is 21.2. The van der Waals surface area contributed by atoms with E-state index in [1.807, 2.05) is 47.0 Å². The van der Waals surface area contributed by atoms with Crippen LogP contribution in [-0.2, 0) is 0 Å². The Morgan fingerprint density at radius 1 is 0.968 bits per heavy atom. The van der Waals surface area contributed by atoms with Crippen molar-refractivity contribution in [3.05, 3.63) is 84.8 Å². The molecule has 31 heavy (non-hydrogen) atoms. The summed E-state index contributed by atoms with van der Waals surface area (Å²) < 4.78 is 1.81. The maximum Gasteiger partial charge on any atom is 0.251 e. The molecule has 0 aliphatic heterocycles. The van der Waals surface area contributed by atoms with Crippen molar-refractivity contribution < 1.29 is 4.79 Å². The molecule has 1 amide bonds. The molecule has 0 atom stereocenters. The summed E-state index contributed by atoms with van der Waals surface area (Å²) in [5.74, 6) is 0.356. The van der Waals surface area contributed by atoms with Gasteiger partial charge in [-0.3, -0.25) is 4.79 Å². The molecule has 8 nitrogen and oxygen atoms in total. The monoisotopic (exact) mass is 409 g/mol. The quantitative estimate of drug-likeness (QED) is 0.409. The molecule has 2 aromatic carbocycles. The second kappa shape index (κ2) is 7.75. The Morgan fingerprint density at radius 3 is 2.45 bits per heavy atom. The molecule has 3 heterocycles. The van der Waals surface area contributed by atoms with E-state index in [0.717, 1.165) is 33.8 Å². The number of amides is 1. The summed E-state index contributed by atoms with van der Waals surface area (Å²) in [6.07, 6.45) is 3.46. The summed E-state index contributed by atoms with van der Waals surface area (Å²) in [5, 5.41) is 10.4. The van der Waals surface area contributed by atoms with Gasteiger partial charge >= 0.3 is 0 Å². The zero-order valence-electron chi connectivity index (χ0n) is 16.7. The van der Waals surface area contributed by atoms with E-state index < -0.39 is 0 Å². The maximum absolute atomic E-state index is 11.7. The average Bonchev–Trinajstić information content (AvgIpc) is 3.49. The van der Waals surface area contributed by atoms with Crippen LogP contribution in [0.15, 0.2) is 79.3 Å². The van der Waals surface area contributed by atoms with Gasteiger partial charge in [-0.1, -0.05) is 30.3 Å². The minimum absolute atomic E-state index is 0.124. The van der Waals surface area contributed by atoms with Crippen LogP contribution < -0.4 is 10.6 Å². The van der Waals surface area contributed by atoms with Crippen molar-refractivity contribution in [2.75, 3.05) is 12.4 Å². The van der Waals surface area contributed by atoms with Crippen molar-refractivity contribution in [1.82, 2.24) is 29.9 Å². The van der Waals surface area contributed by atoms with Crippen molar-refractivity contribution >= 4 is 23.2 Å². The number of hydrogen-bond donors (Lipinski definition) is 3. The van der Waals surface area contributed by atoms with Crippen LogP contribution in [0.5, 0.6) is 0 Å². The average molecular weight is 409 g/mol. The molecule has 5 aromatic rings. The number of rotatable bonds is 5. The van der Waals surface area contributed by atoms with Crippen molar-refractivity contribution in [2.45, 2.75) is 0 Å². The predicted molar refractivity (Wildman–Crippen MR) is 119 cm³/mol. The van der Waals surface area contributed by atoms with Gasteiger partial charge in [-0.05, 0) is 42.0 Å².